The maximum atomic E-state index is 11.5. The Hall–Kier alpha value is -4.02. The van der Waals surface area contributed by atoms with Crippen molar-refractivity contribution >= 4 is 23.2 Å². The number of nitrogens with zero attached hydrogens (tertiary/aromatic N) is 5. The molecule has 0 spiro atoms. The second-order valence-electron chi connectivity index (χ2n) is 7.70. The number of likely N-dealkylation sites (N-methyl/N-ethyl adjacent to an activating group) is 1. The summed E-state index contributed by atoms with van der Waals surface area (Å²) < 4.78 is 7.80. The summed E-state index contributed by atoms with van der Waals surface area (Å²) in [6, 6.07) is 12.2. The molecule has 0 saturated heterocycles. The largest absolute Gasteiger partial charge is 0.492 e. The van der Waals surface area contributed by atoms with E-state index in [2.05, 4.69) is 25.2 Å². The molecule has 4 aromatic rings. The van der Waals surface area contributed by atoms with Gasteiger partial charge in [0.15, 0.2) is 0 Å². The van der Waals surface area contributed by atoms with Crippen LogP contribution < -0.4 is 15.5 Å². The van der Waals surface area contributed by atoms with Crippen LogP contribution in [0, 0.1) is 6.92 Å². The van der Waals surface area contributed by atoms with Crippen LogP contribution in [0.2, 0.25) is 0 Å². The van der Waals surface area contributed by atoms with Crippen LogP contribution in [0.15, 0.2) is 54.9 Å². The van der Waals surface area contributed by atoms with Crippen molar-refractivity contribution in [3.63, 3.8) is 0 Å². The van der Waals surface area contributed by atoms with Crippen LogP contribution in [0.5, 0.6) is 5.75 Å². The number of carbonyl (C=O) groups is 1. The molecule has 170 valence electrons. The molecule has 0 aliphatic rings. The van der Waals surface area contributed by atoms with Gasteiger partial charge < -0.3 is 15.0 Å². The molecule has 10 heteroatoms. The van der Waals surface area contributed by atoms with Crippen LogP contribution in [0.3, 0.4) is 0 Å². The number of fused-ring (bicyclic) bond motifs is 1. The molecule has 1 aromatic carbocycles. The molecule has 0 bridgehead atoms. The van der Waals surface area contributed by atoms with E-state index in [4.69, 9.17) is 9.94 Å². The van der Waals surface area contributed by atoms with E-state index in [1.165, 1.54) is 0 Å². The van der Waals surface area contributed by atoms with Crippen LogP contribution in [-0.2, 0) is 0 Å². The van der Waals surface area contributed by atoms with Gasteiger partial charge in [-0.3, -0.25) is 14.4 Å². The Balaban J connectivity index is 1.56. The molecule has 33 heavy (non-hydrogen) atoms. The number of aromatic nitrogens is 4. The summed E-state index contributed by atoms with van der Waals surface area (Å²) in [5, 5.41) is 11.9. The predicted molar refractivity (Wildman–Crippen MR) is 124 cm³/mol. The highest BCUT2D eigenvalue weighted by Gasteiger charge is 2.14. The van der Waals surface area contributed by atoms with Crippen molar-refractivity contribution in [2.45, 2.75) is 6.92 Å². The Labute approximate surface area is 190 Å². The maximum absolute atomic E-state index is 11.5. The average molecular weight is 447 g/mol. The number of imidazole rings is 1. The number of pyridine rings is 1. The molecule has 0 radical (unpaired) electrons. The molecule has 0 atom stereocenters. The average Bonchev–Trinajstić information content (AvgIpc) is 3.14. The van der Waals surface area contributed by atoms with Gasteiger partial charge in [0.1, 0.15) is 18.0 Å². The van der Waals surface area contributed by atoms with Crippen LogP contribution in [0.1, 0.15) is 16.1 Å². The van der Waals surface area contributed by atoms with Crippen LogP contribution >= 0.6 is 0 Å². The van der Waals surface area contributed by atoms with Crippen molar-refractivity contribution in [3.8, 4) is 17.1 Å². The fraction of sp³-hybridized carbons (Fsp3) is 0.217. The first-order chi connectivity index (χ1) is 15.9. The van der Waals surface area contributed by atoms with Crippen molar-refractivity contribution < 1.29 is 14.7 Å². The third-order valence-corrected chi connectivity index (χ3v) is 4.98. The van der Waals surface area contributed by atoms with Crippen molar-refractivity contribution in [3.05, 3.63) is 66.1 Å². The Bertz CT molecular complexity index is 1270. The lowest BCUT2D eigenvalue weighted by atomic mass is 10.2. The van der Waals surface area contributed by atoms with Crippen LogP contribution in [0.25, 0.3) is 17.0 Å². The highest BCUT2D eigenvalue weighted by atomic mass is 16.5. The number of rotatable bonds is 8. The minimum Gasteiger partial charge on any atom is -0.492 e. The Morgan fingerprint density at radius 3 is 2.67 bits per heavy atom. The first kappa shape index (κ1) is 22.2. The summed E-state index contributed by atoms with van der Waals surface area (Å²) in [6.07, 6.45) is 3.60. The van der Waals surface area contributed by atoms with E-state index in [0.29, 0.717) is 23.8 Å². The summed E-state index contributed by atoms with van der Waals surface area (Å²) in [5.74, 6) is 0.600. The van der Waals surface area contributed by atoms with E-state index < -0.39 is 5.91 Å². The Morgan fingerprint density at radius 2 is 1.94 bits per heavy atom. The van der Waals surface area contributed by atoms with Gasteiger partial charge in [0.05, 0.1) is 17.1 Å². The van der Waals surface area contributed by atoms with E-state index in [0.717, 1.165) is 35.0 Å². The number of aryl methyl sites for hydroxylation is 1. The number of benzene rings is 1. The minimum absolute atomic E-state index is 0.337. The quantitative estimate of drug-likeness (QED) is 0.279. The first-order valence-electron chi connectivity index (χ1n) is 10.4. The highest BCUT2D eigenvalue weighted by molar-refractivity contribution is 5.93. The summed E-state index contributed by atoms with van der Waals surface area (Å²) in [4.78, 5) is 27.2. The van der Waals surface area contributed by atoms with E-state index in [-0.39, 0.29) is 0 Å². The normalized spacial score (nSPS) is 11.1. The molecule has 4 rings (SSSR count). The lowest BCUT2D eigenvalue weighted by molar-refractivity contribution is 0.0706. The molecular formula is C23H25N7O3. The summed E-state index contributed by atoms with van der Waals surface area (Å²) in [6.45, 7) is 3.37. The van der Waals surface area contributed by atoms with Crippen molar-refractivity contribution in [2.24, 2.45) is 0 Å². The number of hydroxylamine groups is 1. The SMILES string of the molecule is Cc1nc2cc(OCCN(C)C)ccn2c1-c1ccnc(Nc2ccc(C(=O)NO)cc2)n1. The highest BCUT2D eigenvalue weighted by Crippen LogP contribution is 2.26. The van der Waals surface area contributed by atoms with Gasteiger partial charge in [-0.25, -0.2) is 20.4 Å². The number of hydrogen-bond donors (Lipinski definition) is 3. The fourth-order valence-electron chi connectivity index (χ4n) is 3.34. The maximum Gasteiger partial charge on any atom is 0.274 e. The fourth-order valence-corrected chi connectivity index (χ4v) is 3.34. The lowest BCUT2D eigenvalue weighted by Crippen LogP contribution is -2.19. The van der Waals surface area contributed by atoms with E-state index >= 15 is 0 Å². The second kappa shape index (κ2) is 9.63. The molecule has 10 nitrogen and oxygen atoms in total. The molecule has 0 unspecified atom stereocenters. The number of amides is 1. The van der Waals surface area contributed by atoms with Gasteiger partial charge in [0.2, 0.25) is 5.95 Å². The van der Waals surface area contributed by atoms with Gasteiger partial charge in [0, 0.05) is 36.3 Å². The smallest absolute Gasteiger partial charge is 0.274 e. The molecule has 0 saturated carbocycles. The van der Waals surface area contributed by atoms with Crippen molar-refractivity contribution in [1.29, 1.82) is 0 Å². The van der Waals surface area contributed by atoms with Crippen molar-refractivity contribution in [1.82, 2.24) is 29.7 Å². The third kappa shape index (κ3) is 5.08. The van der Waals surface area contributed by atoms with E-state index in [1.54, 1.807) is 35.9 Å². The van der Waals surface area contributed by atoms with Gasteiger partial charge in [-0.15, -0.1) is 0 Å². The summed E-state index contributed by atoms with van der Waals surface area (Å²) in [5.41, 5.74) is 5.85. The number of hydrogen-bond acceptors (Lipinski definition) is 8. The summed E-state index contributed by atoms with van der Waals surface area (Å²) in [7, 11) is 4.01. The van der Waals surface area contributed by atoms with Gasteiger partial charge in [-0.05, 0) is 57.4 Å². The molecular weight excluding hydrogens is 422 g/mol. The molecule has 0 fully saturated rings. The predicted octanol–water partition coefficient (Wildman–Crippen LogP) is 2.90. The molecule has 3 N–H and O–H groups in total. The zero-order valence-corrected chi connectivity index (χ0v) is 18.6. The van der Waals surface area contributed by atoms with Crippen LogP contribution in [0.4, 0.5) is 11.6 Å². The number of nitrogens with one attached hydrogen (secondary N) is 2. The van der Waals surface area contributed by atoms with Gasteiger partial charge >= 0.3 is 0 Å². The zero-order valence-electron chi connectivity index (χ0n) is 18.6. The van der Waals surface area contributed by atoms with Crippen molar-refractivity contribution in [2.75, 3.05) is 32.6 Å². The molecule has 1 amide bonds. The van der Waals surface area contributed by atoms with E-state index in [9.17, 15) is 4.79 Å². The number of carbonyl (C=O) groups excluding carboxylic acids is 1. The first-order valence-corrected chi connectivity index (χ1v) is 10.4. The van der Waals surface area contributed by atoms with E-state index in [1.807, 2.05) is 49.8 Å². The van der Waals surface area contributed by atoms with Crippen LogP contribution in [-0.4, -0.2) is 62.6 Å². The van der Waals surface area contributed by atoms with Gasteiger partial charge in [0.25, 0.3) is 5.91 Å². The molecule has 0 aliphatic heterocycles. The van der Waals surface area contributed by atoms with Gasteiger partial charge in [-0.1, -0.05) is 0 Å². The topological polar surface area (TPSA) is 117 Å². The Morgan fingerprint density at radius 1 is 1.15 bits per heavy atom. The minimum atomic E-state index is -0.575. The number of ether oxygens (including phenoxy) is 1. The second-order valence-corrected chi connectivity index (χ2v) is 7.70. The monoisotopic (exact) mass is 447 g/mol. The standard InChI is InChI=1S/C23H25N7O3/c1-15-21(30-11-9-18(14-20(30)25-15)33-13-12-29(2)3)19-8-10-24-23(27-19)26-17-6-4-16(5-7-17)22(31)28-32/h4-11,14,32H,12-13H2,1-3H3,(H,28,31)(H,24,26,27). The molecule has 0 aliphatic carbocycles. The zero-order chi connectivity index (χ0) is 23.4. The summed E-state index contributed by atoms with van der Waals surface area (Å²) >= 11 is 0. The lowest BCUT2D eigenvalue weighted by Gasteiger charge is -2.11. The molecule has 3 aromatic heterocycles. The van der Waals surface area contributed by atoms with Gasteiger partial charge in [-0.2, -0.15) is 0 Å². The molecule has 3 heterocycles. The number of anilines is 2. The Kier molecular flexibility index (Phi) is 6.48. The third-order valence-electron chi connectivity index (χ3n) is 4.98.